The molecule has 8 heteroatoms. The number of carbonyl (C=O) groups is 1. The summed E-state index contributed by atoms with van der Waals surface area (Å²) >= 11 is 0.910. The SMILES string of the molecule is CCC(C)N(C)CCNS(=O)(=O)c1cc(C(=O)O)cs1. The van der Waals surface area contributed by atoms with Gasteiger partial charge in [-0.1, -0.05) is 6.92 Å². The Balaban J connectivity index is 2.59. The smallest absolute Gasteiger partial charge is 0.336 e. The number of nitrogens with zero attached hydrogens (tertiary/aromatic N) is 1. The Bertz CT molecular complexity index is 554. The Morgan fingerprint density at radius 2 is 2.20 bits per heavy atom. The van der Waals surface area contributed by atoms with Crippen LogP contribution in [-0.2, 0) is 10.0 Å². The molecule has 0 saturated carbocycles. The Kier molecular flexibility index (Phi) is 6.12. The van der Waals surface area contributed by atoms with Gasteiger partial charge in [0.05, 0.1) is 5.56 Å². The number of hydrogen-bond donors (Lipinski definition) is 2. The molecule has 6 nitrogen and oxygen atoms in total. The van der Waals surface area contributed by atoms with E-state index in [4.69, 9.17) is 5.11 Å². The molecule has 1 aromatic rings. The van der Waals surface area contributed by atoms with Gasteiger partial charge in [-0.3, -0.25) is 0 Å². The van der Waals surface area contributed by atoms with Crippen LogP contribution in [0.3, 0.4) is 0 Å². The second-order valence-corrected chi connectivity index (χ2v) is 7.50. The highest BCUT2D eigenvalue weighted by molar-refractivity contribution is 7.91. The van der Waals surface area contributed by atoms with E-state index in [9.17, 15) is 13.2 Å². The number of thiophene rings is 1. The van der Waals surface area contributed by atoms with Gasteiger partial charge in [-0.15, -0.1) is 11.3 Å². The molecular formula is C12H20N2O4S2. The van der Waals surface area contributed by atoms with Crippen LogP contribution in [0, 0.1) is 0 Å². The van der Waals surface area contributed by atoms with Crippen LogP contribution in [0.5, 0.6) is 0 Å². The van der Waals surface area contributed by atoms with Gasteiger partial charge < -0.3 is 10.0 Å². The largest absolute Gasteiger partial charge is 0.478 e. The molecule has 1 atom stereocenters. The van der Waals surface area contributed by atoms with Crippen LogP contribution >= 0.6 is 11.3 Å². The lowest BCUT2D eigenvalue weighted by Crippen LogP contribution is -2.36. The molecule has 114 valence electrons. The van der Waals surface area contributed by atoms with Crippen molar-refractivity contribution in [3.8, 4) is 0 Å². The number of hydrogen-bond acceptors (Lipinski definition) is 5. The molecule has 1 heterocycles. The highest BCUT2D eigenvalue weighted by Crippen LogP contribution is 2.19. The maximum atomic E-state index is 12.0. The van der Waals surface area contributed by atoms with Gasteiger partial charge in [0.1, 0.15) is 4.21 Å². The van der Waals surface area contributed by atoms with Crippen molar-refractivity contribution < 1.29 is 18.3 Å². The monoisotopic (exact) mass is 320 g/mol. The van der Waals surface area contributed by atoms with Crippen LogP contribution in [0.1, 0.15) is 30.6 Å². The first-order chi connectivity index (χ1) is 9.27. The maximum Gasteiger partial charge on any atom is 0.336 e. The molecule has 1 rings (SSSR count). The fourth-order valence-electron chi connectivity index (χ4n) is 1.53. The zero-order valence-electron chi connectivity index (χ0n) is 11.8. The zero-order chi connectivity index (χ0) is 15.3. The first-order valence-corrected chi connectivity index (χ1v) is 8.66. The number of likely N-dealkylation sites (N-methyl/N-ethyl adjacent to an activating group) is 1. The number of carboxylic acids is 1. The number of carboxylic acid groups (broad SMARTS) is 1. The molecule has 0 aliphatic heterocycles. The third-order valence-corrected chi connectivity index (χ3v) is 6.09. The van der Waals surface area contributed by atoms with Crippen molar-refractivity contribution in [1.82, 2.24) is 9.62 Å². The number of sulfonamides is 1. The fraction of sp³-hybridized carbons (Fsp3) is 0.583. The van der Waals surface area contributed by atoms with Crippen molar-refractivity contribution in [3.05, 3.63) is 17.0 Å². The molecule has 0 radical (unpaired) electrons. The van der Waals surface area contributed by atoms with Gasteiger partial charge in [0, 0.05) is 24.5 Å². The lowest BCUT2D eigenvalue weighted by molar-refractivity contribution is 0.0697. The summed E-state index contributed by atoms with van der Waals surface area (Å²) in [4.78, 5) is 12.8. The van der Waals surface area contributed by atoms with E-state index in [0.29, 0.717) is 19.1 Å². The minimum atomic E-state index is -3.62. The lowest BCUT2D eigenvalue weighted by atomic mass is 10.2. The number of aromatic carboxylic acids is 1. The van der Waals surface area contributed by atoms with E-state index in [0.717, 1.165) is 17.8 Å². The standard InChI is InChI=1S/C12H20N2O4S2/c1-4-9(2)14(3)6-5-13-20(17,18)11-7-10(8-19-11)12(15)16/h7-9,13H,4-6H2,1-3H3,(H,15,16). The highest BCUT2D eigenvalue weighted by atomic mass is 32.2. The minimum Gasteiger partial charge on any atom is -0.478 e. The molecule has 0 fully saturated rings. The fourth-order valence-corrected chi connectivity index (χ4v) is 3.75. The zero-order valence-corrected chi connectivity index (χ0v) is 13.4. The van der Waals surface area contributed by atoms with Crippen molar-refractivity contribution in [2.75, 3.05) is 20.1 Å². The van der Waals surface area contributed by atoms with E-state index in [1.165, 1.54) is 11.4 Å². The molecule has 1 aromatic heterocycles. The predicted molar refractivity (Wildman–Crippen MR) is 78.8 cm³/mol. The lowest BCUT2D eigenvalue weighted by Gasteiger charge is -2.23. The molecule has 1 unspecified atom stereocenters. The molecule has 0 spiro atoms. The van der Waals surface area contributed by atoms with Gasteiger partial charge in [-0.05, 0) is 26.5 Å². The van der Waals surface area contributed by atoms with E-state index in [1.54, 1.807) is 0 Å². The van der Waals surface area contributed by atoms with Crippen LogP contribution in [-0.4, -0.2) is 50.6 Å². The van der Waals surface area contributed by atoms with E-state index < -0.39 is 16.0 Å². The van der Waals surface area contributed by atoms with E-state index in [2.05, 4.69) is 23.5 Å². The summed E-state index contributed by atoms with van der Waals surface area (Å²) in [5.74, 6) is -1.13. The molecule has 0 amide bonds. The third kappa shape index (κ3) is 4.55. The third-order valence-electron chi connectivity index (χ3n) is 3.19. The van der Waals surface area contributed by atoms with Crippen molar-refractivity contribution in [1.29, 1.82) is 0 Å². The molecule has 0 bridgehead atoms. The predicted octanol–water partition coefficient (Wildman–Crippen LogP) is 1.45. The van der Waals surface area contributed by atoms with Gasteiger partial charge >= 0.3 is 5.97 Å². The minimum absolute atomic E-state index is 0.00732. The molecule has 0 aromatic carbocycles. The second-order valence-electron chi connectivity index (χ2n) is 4.60. The quantitative estimate of drug-likeness (QED) is 0.757. The van der Waals surface area contributed by atoms with Gasteiger partial charge in [0.15, 0.2) is 0 Å². The van der Waals surface area contributed by atoms with Crippen LogP contribution in [0.15, 0.2) is 15.7 Å². The van der Waals surface area contributed by atoms with Crippen molar-refractivity contribution >= 4 is 27.3 Å². The van der Waals surface area contributed by atoms with Crippen LogP contribution in [0.4, 0.5) is 0 Å². The Morgan fingerprint density at radius 3 is 2.70 bits per heavy atom. The summed E-state index contributed by atoms with van der Waals surface area (Å²) in [5.41, 5.74) is -0.00732. The maximum absolute atomic E-state index is 12.0. The average Bonchev–Trinajstić information content (AvgIpc) is 2.87. The Morgan fingerprint density at radius 1 is 1.55 bits per heavy atom. The first-order valence-electron chi connectivity index (χ1n) is 6.29. The summed E-state index contributed by atoms with van der Waals surface area (Å²) in [6.45, 7) is 5.05. The highest BCUT2D eigenvalue weighted by Gasteiger charge is 2.18. The van der Waals surface area contributed by atoms with Crippen LogP contribution in [0.25, 0.3) is 0 Å². The molecular weight excluding hydrogens is 300 g/mol. The topological polar surface area (TPSA) is 86.7 Å². The normalized spacial score (nSPS) is 13.6. The molecule has 0 aliphatic carbocycles. The number of rotatable bonds is 8. The molecule has 2 N–H and O–H groups in total. The summed E-state index contributed by atoms with van der Waals surface area (Å²) < 4.78 is 26.5. The Labute approximate surface area is 123 Å². The summed E-state index contributed by atoms with van der Waals surface area (Å²) in [7, 11) is -1.68. The van der Waals surface area contributed by atoms with Crippen molar-refractivity contribution in [3.63, 3.8) is 0 Å². The summed E-state index contributed by atoms with van der Waals surface area (Å²) in [6.07, 6.45) is 0.996. The van der Waals surface area contributed by atoms with Gasteiger partial charge in [-0.25, -0.2) is 17.9 Å². The summed E-state index contributed by atoms with van der Waals surface area (Å²) in [5, 5.41) is 10.1. The van der Waals surface area contributed by atoms with E-state index >= 15 is 0 Å². The second kappa shape index (κ2) is 7.16. The molecule has 0 aliphatic rings. The summed E-state index contributed by atoms with van der Waals surface area (Å²) in [6, 6.07) is 1.56. The van der Waals surface area contributed by atoms with Crippen molar-refractivity contribution in [2.24, 2.45) is 0 Å². The first kappa shape index (κ1) is 17.1. The molecule has 20 heavy (non-hydrogen) atoms. The Hall–Kier alpha value is -0.960. The van der Waals surface area contributed by atoms with Crippen LogP contribution in [0.2, 0.25) is 0 Å². The van der Waals surface area contributed by atoms with Crippen LogP contribution < -0.4 is 4.72 Å². The van der Waals surface area contributed by atoms with E-state index in [1.807, 2.05) is 7.05 Å². The van der Waals surface area contributed by atoms with Gasteiger partial charge in [-0.2, -0.15) is 0 Å². The van der Waals surface area contributed by atoms with Crippen molar-refractivity contribution in [2.45, 2.75) is 30.5 Å². The average molecular weight is 320 g/mol. The van der Waals surface area contributed by atoms with E-state index in [-0.39, 0.29) is 9.77 Å². The molecule has 0 saturated heterocycles. The van der Waals surface area contributed by atoms with Gasteiger partial charge in [0.25, 0.3) is 0 Å². The van der Waals surface area contributed by atoms with Gasteiger partial charge in [0.2, 0.25) is 10.0 Å². The number of nitrogens with one attached hydrogen (secondary N) is 1.